The summed E-state index contributed by atoms with van der Waals surface area (Å²) in [5.74, 6) is 0.918. The molecular formula is C19H20N4O2S. The molecule has 0 spiro atoms. The molecule has 3 aromatic rings. The van der Waals surface area contributed by atoms with Gasteiger partial charge in [-0.1, -0.05) is 37.7 Å². The first-order chi connectivity index (χ1) is 12.7. The number of carbonyl (C=O) groups is 1. The summed E-state index contributed by atoms with van der Waals surface area (Å²) in [5.41, 5.74) is 3.56. The number of hydrogen-bond acceptors (Lipinski definition) is 6. The van der Waals surface area contributed by atoms with E-state index in [-0.39, 0.29) is 11.2 Å². The fourth-order valence-corrected chi connectivity index (χ4v) is 4.00. The van der Waals surface area contributed by atoms with Gasteiger partial charge < -0.3 is 9.32 Å². The van der Waals surface area contributed by atoms with E-state index in [1.54, 1.807) is 0 Å². The molecule has 1 atom stereocenters. The Hall–Kier alpha value is -2.41. The highest BCUT2D eigenvalue weighted by Gasteiger charge is 2.31. The van der Waals surface area contributed by atoms with Crippen molar-refractivity contribution in [3.8, 4) is 0 Å². The highest BCUT2D eigenvalue weighted by molar-refractivity contribution is 8.00. The molecule has 1 aromatic carbocycles. The van der Waals surface area contributed by atoms with Gasteiger partial charge in [-0.3, -0.25) is 4.79 Å². The number of oxazole rings is 1. The summed E-state index contributed by atoms with van der Waals surface area (Å²) in [6.45, 7) is 5.16. The number of nitrogens with zero attached hydrogens (tertiary/aromatic N) is 4. The Kier molecular flexibility index (Phi) is 4.63. The van der Waals surface area contributed by atoms with Crippen LogP contribution in [-0.4, -0.2) is 31.0 Å². The fourth-order valence-electron chi connectivity index (χ4n) is 3.06. The van der Waals surface area contributed by atoms with Crippen LogP contribution < -0.4 is 0 Å². The number of rotatable bonds is 5. The molecular weight excluding hydrogens is 348 g/mol. The normalized spacial score (nSPS) is 14.6. The fraction of sp³-hybridized carbons (Fsp3) is 0.368. The average molecular weight is 368 g/mol. The highest BCUT2D eigenvalue weighted by Crippen LogP contribution is 2.31. The summed E-state index contributed by atoms with van der Waals surface area (Å²) in [6.07, 6.45) is 3.36. The van der Waals surface area contributed by atoms with Crippen molar-refractivity contribution in [3.05, 3.63) is 47.5 Å². The summed E-state index contributed by atoms with van der Waals surface area (Å²) in [4.78, 5) is 28.2. The molecule has 0 aliphatic carbocycles. The molecule has 26 heavy (non-hydrogen) atoms. The van der Waals surface area contributed by atoms with Crippen molar-refractivity contribution in [1.82, 2.24) is 19.9 Å². The molecule has 6 nitrogen and oxygen atoms in total. The second-order valence-corrected chi connectivity index (χ2v) is 7.42. The molecule has 134 valence electrons. The van der Waals surface area contributed by atoms with E-state index in [4.69, 9.17) is 4.42 Å². The monoisotopic (exact) mass is 368 g/mol. The predicted molar refractivity (Wildman–Crippen MR) is 99.6 cm³/mol. The smallest absolute Gasteiger partial charge is 0.257 e. The molecule has 0 bridgehead atoms. The van der Waals surface area contributed by atoms with Crippen LogP contribution in [-0.2, 0) is 24.3 Å². The zero-order chi connectivity index (χ0) is 18.1. The van der Waals surface area contributed by atoms with Crippen LogP contribution in [0.3, 0.4) is 0 Å². The zero-order valence-electron chi connectivity index (χ0n) is 14.8. The van der Waals surface area contributed by atoms with Crippen molar-refractivity contribution in [3.63, 3.8) is 0 Å². The van der Waals surface area contributed by atoms with Gasteiger partial charge in [0.05, 0.1) is 17.5 Å². The lowest BCUT2D eigenvalue weighted by molar-refractivity contribution is -0.131. The summed E-state index contributed by atoms with van der Waals surface area (Å²) in [7, 11) is 0. The highest BCUT2D eigenvalue weighted by atomic mass is 32.2. The molecule has 2 aromatic heterocycles. The number of hydrogen-bond donors (Lipinski definition) is 0. The third-order valence-electron chi connectivity index (χ3n) is 4.50. The van der Waals surface area contributed by atoms with Gasteiger partial charge in [0.25, 0.3) is 5.22 Å². The van der Waals surface area contributed by atoms with Crippen LogP contribution in [0.15, 0.2) is 40.1 Å². The predicted octanol–water partition coefficient (Wildman–Crippen LogP) is 3.59. The number of thioether (sulfide) groups is 1. The molecule has 1 aliphatic rings. The van der Waals surface area contributed by atoms with Gasteiger partial charge in [-0.25, -0.2) is 15.0 Å². The molecule has 0 saturated carbocycles. The number of aryl methyl sites for hydroxylation is 1. The second-order valence-electron chi connectivity index (χ2n) is 6.27. The van der Waals surface area contributed by atoms with E-state index in [2.05, 4.69) is 15.0 Å². The second kappa shape index (κ2) is 7.07. The maximum atomic E-state index is 13.0. The number of benzene rings is 1. The molecule has 4 rings (SSSR count). The van der Waals surface area contributed by atoms with Gasteiger partial charge >= 0.3 is 0 Å². The first-order valence-corrected chi connectivity index (χ1v) is 9.70. The van der Waals surface area contributed by atoms with E-state index in [0.717, 1.165) is 34.6 Å². The quantitative estimate of drug-likeness (QED) is 0.641. The minimum absolute atomic E-state index is 0.0933. The van der Waals surface area contributed by atoms with Gasteiger partial charge in [-0.2, -0.15) is 0 Å². The minimum atomic E-state index is -0.226. The molecule has 0 N–H and O–H groups in total. The molecule has 0 saturated heterocycles. The maximum Gasteiger partial charge on any atom is 0.257 e. The van der Waals surface area contributed by atoms with Crippen molar-refractivity contribution < 1.29 is 9.21 Å². The van der Waals surface area contributed by atoms with Crippen LogP contribution in [0.25, 0.3) is 11.1 Å². The molecule has 0 radical (unpaired) electrons. The van der Waals surface area contributed by atoms with Crippen LogP contribution in [0.5, 0.6) is 0 Å². The lowest BCUT2D eigenvalue weighted by Crippen LogP contribution is -2.33. The Morgan fingerprint density at radius 1 is 1.27 bits per heavy atom. The van der Waals surface area contributed by atoms with Crippen molar-refractivity contribution in [2.75, 3.05) is 0 Å². The largest absolute Gasteiger partial charge is 0.431 e. The Labute approximate surface area is 156 Å². The Morgan fingerprint density at radius 2 is 2.12 bits per heavy atom. The third-order valence-corrected chi connectivity index (χ3v) is 5.69. The minimum Gasteiger partial charge on any atom is -0.431 e. The third kappa shape index (κ3) is 3.19. The van der Waals surface area contributed by atoms with Crippen molar-refractivity contribution in [1.29, 1.82) is 0 Å². The van der Waals surface area contributed by atoms with Gasteiger partial charge in [-0.15, -0.1) is 0 Å². The molecule has 1 aliphatic heterocycles. The lowest BCUT2D eigenvalue weighted by Gasteiger charge is -2.20. The molecule has 1 amide bonds. The van der Waals surface area contributed by atoms with Crippen LogP contribution in [0.2, 0.25) is 0 Å². The van der Waals surface area contributed by atoms with Crippen molar-refractivity contribution >= 4 is 28.8 Å². The SMILES string of the molecule is CCc1ncc2c(n1)CN(C(=O)C(CC)Sc1nc3ccccc3o1)C2. The molecule has 1 unspecified atom stereocenters. The Balaban J connectivity index is 1.49. The molecule has 3 heterocycles. The number of para-hydroxylation sites is 2. The summed E-state index contributed by atoms with van der Waals surface area (Å²) in [5, 5.41) is 0.312. The van der Waals surface area contributed by atoms with E-state index in [1.807, 2.05) is 49.2 Å². The lowest BCUT2D eigenvalue weighted by atomic mass is 10.3. The van der Waals surface area contributed by atoms with Gasteiger partial charge in [0.2, 0.25) is 5.91 Å². The van der Waals surface area contributed by atoms with E-state index in [1.165, 1.54) is 11.8 Å². The van der Waals surface area contributed by atoms with Crippen LogP contribution in [0, 0.1) is 0 Å². The van der Waals surface area contributed by atoms with Crippen LogP contribution >= 0.6 is 11.8 Å². The van der Waals surface area contributed by atoms with Crippen molar-refractivity contribution in [2.45, 2.75) is 50.3 Å². The van der Waals surface area contributed by atoms with Gasteiger partial charge in [0, 0.05) is 24.7 Å². The molecule has 0 fully saturated rings. The maximum absolute atomic E-state index is 13.0. The standard InChI is InChI=1S/C19H20N4O2S/c1-3-16(26-19-22-13-7-5-6-8-15(13)25-19)18(24)23-10-12-9-20-17(4-2)21-14(12)11-23/h5-9,16H,3-4,10-11H2,1-2H3. The van der Waals surface area contributed by atoms with Crippen LogP contribution in [0.4, 0.5) is 0 Å². The van der Waals surface area contributed by atoms with E-state index >= 15 is 0 Å². The van der Waals surface area contributed by atoms with Gasteiger partial charge in [0.15, 0.2) is 5.58 Å². The Morgan fingerprint density at radius 3 is 2.88 bits per heavy atom. The van der Waals surface area contributed by atoms with Crippen LogP contribution in [0.1, 0.15) is 37.4 Å². The average Bonchev–Trinajstić information content (AvgIpc) is 3.28. The topological polar surface area (TPSA) is 72.1 Å². The van der Waals surface area contributed by atoms with Gasteiger partial charge in [-0.05, 0) is 18.6 Å². The van der Waals surface area contributed by atoms with E-state index in [9.17, 15) is 4.79 Å². The number of amides is 1. The number of carbonyl (C=O) groups excluding carboxylic acids is 1. The van der Waals surface area contributed by atoms with E-state index in [0.29, 0.717) is 24.7 Å². The first kappa shape index (κ1) is 17.0. The van der Waals surface area contributed by atoms with E-state index < -0.39 is 0 Å². The summed E-state index contributed by atoms with van der Waals surface area (Å²) in [6, 6.07) is 7.63. The van der Waals surface area contributed by atoms with Gasteiger partial charge in [0.1, 0.15) is 11.3 Å². The summed E-state index contributed by atoms with van der Waals surface area (Å²) >= 11 is 1.39. The summed E-state index contributed by atoms with van der Waals surface area (Å²) < 4.78 is 5.76. The number of aromatic nitrogens is 3. The first-order valence-electron chi connectivity index (χ1n) is 8.82. The Bertz CT molecular complexity index is 923. The number of fused-ring (bicyclic) bond motifs is 2. The molecule has 7 heteroatoms. The zero-order valence-corrected chi connectivity index (χ0v) is 15.6. The van der Waals surface area contributed by atoms with Crippen molar-refractivity contribution in [2.24, 2.45) is 0 Å².